The van der Waals surface area contributed by atoms with Gasteiger partial charge in [-0.15, -0.1) is 0 Å². The average molecular weight is 221 g/mol. The lowest BCUT2D eigenvalue weighted by atomic mass is 10.1. The van der Waals surface area contributed by atoms with E-state index in [-0.39, 0.29) is 18.6 Å². The van der Waals surface area contributed by atoms with Crippen molar-refractivity contribution >= 4 is 30.5 Å². The molecule has 0 aromatic heterocycles. The van der Waals surface area contributed by atoms with Gasteiger partial charge in [0.05, 0.1) is 5.75 Å². The largest absolute Gasteiger partial charge is 0.481 e. The summed E-state index contributed by atoms with van der Waals surface area (Å²) in [5.74, 6) is -3.01. The first kappa shape index (κ1) is 12.8. The summed E-state index contributed by atoms with van der Waals surface area (Å²) in [7, 11) is 0. The number of hydrogen-bond donors (Lipinski definition) is 4. The number of nitrogens with one attached hydrogen (secondary N) is 1. The maximum absolute atomic E-state index is 10.8. The molecule has 0 aromatic rings. The molecular formula is C7H11NO5S. The molecule has 0 bridgehead atoms. The first-order chi connectivity index (χ1) is 6.47. The predicted octanol–water partition coefficient (Wildman–Crippen LogP) is -0.650. The number of hydrogen-bond acceptors (Lipinski definition) is 4. The zero-order valence-electron chi connectivity index (χ0n) is 7.27. The first-order valence-corrected chi connectivity index (χ1v) is 4.45. The molecule has 0 saturated carbocycles. The van der Waals surface area contributed by atoms with Crippen molar-refractivity contribution in [2.45, 2.75) is 18.9 Å². The van der Waals surface area contributed by atoms with Crippen LogP contribution >= 0.6 is 12.6 Å². The third-order valence-corrected chi connectivity index (χ3v) is 1.71. The van der Waals surface area contributed by atoms with Gasteiger partial charge >= 0.3 is 11.9 Å². The summed E-state index contributed by atoms with van der Waals surface area (Å²) in [5, 5.41) is 19.1. The van der Waals surface area contributed by atoms with E-state index in [0.717, 1.165) is 0 Å². The van der Waals surface area contributed by atoms with Crippen LogP contribution in [0.2, 0.25) is 0 Å². The molecule has 6 nitrogen and oxygen atoms in total. The van der Waals surface area contributed by atoms with E-state index in [1.165, 1.54) is 0 Å². The highest BCUT2D eigenvalue weighted by molar-refractivity contribution is 7.81. The van der Waals surface area contributed by atoms with Crippen LogP contribution in [0.1, 0.15) is 12.8 Å². The zero-order valence-corrected chi connectivity index (χ0v) is 8.16. The van der Waals surface area contributed by atoms with E-state index in [0.29, 0.717) is 0 Å². The number of carbonyl (C=O) groups excluding carboxylic acids is 1. The monoisotopic (exact) mass is 221 g/mol. The Labute approximate surface area is 85.7 Å². The second-order valence-electron chi connectivity index (χ2n) is 2.55. The van der Waals surface area contributed by atoms with Gasteiger partial charge in [-0.1, -0.05) is 0 Å². The Kier molecular flexibility index (Phi) is 5.70. The van der Waals surface area contributed by atoms with Crippen molar-refractivity contribution in [2.75, 3.05) is 5.75 Å². The van der Waals surface area contributed by atoms with Crippen molar-refractivity contribution < 1.29 is 24.6 Å². The number of rotatable bonds is 6. The minimum Gasteiger partial charge on any atom is -0.481 e. The van der Waals surface area contributed by atoms with Gasteiger partial charge in [-0.3, -0.25) is 9.59 Å². The first-order valence-electron chi connectivity index (χ1n) is 3.82. The van der Waals surface area contributed by atoms with E-state index in [9.17, 15) is 14.4 Å². The van der Waals surface area contributed by atoms with E-state index in [2.05, 4.69) is 17.9 Å². The molecule has 0 unspecified atom stereocenters. The number of carboxylic acid groups (broad SMARTS) is 2. The molecular weight excluding hydrogens is 210 g/mol. The van der Waals surface area contributed by atoms with Gasteiger partial charge in [0.1, 0.15) is 6.04 Å². The zero-order chi connectivity index (χ0) is 11.1. The molecule has 0 radical (unpaired) electrons. The normalized spacial score (nSPS) is 11.8. The fourth-order valence-corrected chi connectivity index (χ4v) is 0.856. The summed E-state index contributed by atoms with van der Waals surface area (Å²) in [6.45, 7) is 0. The highest BCUT2D eigenvalue weighted by Crippen LogP contribution is 1.98. The Hall–Kier alpha value is -1.24. The van der Waals surface area contributed by atoms with Crippen molar-refractivity contribution in [3.63, 3.8) is 0 Å². The molecule has 0 fully saturated rings. The van der Waals surface area contributed by atoms with E-state index in [1.807, 2.05) is 0 Å². The molecule has 0 aliphatic rings. The summed E-state index contributed by atoms with van der Waals surface area (Å²) in [6.07, 6.45) is -0.437. The summed E-state index contributed by atoms with van der Waals surface area (Å²) < 4.78 is 0. The van der Waals surface area contributed by atoms with Crippen LogP contribution in [0.25, 0.3) is 0 Å². The second kappa shape index (κ2) is 6.25. The third-order valence-electron chi connectivity index (χ3n) is 1.42. The van der Waals surface area contributed by atoms with Crippen molar-refractivity contribution in [1.29, 1.82) is 0 Å². The average Bonchev–Trinajstić information content (AvgIpc) is 2.10. The third kappa shape index (κ3) is 5.41. The van der Waals surface area contributed by atoms with Crippen molar-refractivity contribution in [1.82, 2.24) is 5.32 Å². The highest BCUT2D eigenvalue weighted by Gasteiger charge is 2.19. The standard InChI is InChI=1S/C7H11NO5S/c9-5(3-14)8-4(7(12)13)1-2-6(10)11/h4,14H,1-3H2,(H,8,9)(H,10,11)(H,12,13)/t4-/m0/s1. The van der Waals surface area contributed by atoms with E-state index >= 15 is 0 Å². The number of amides is 1. The molecule has 0 spiro atoms. The van der Waals surface area contributed by atoms with Crippen LogP contribution in [0.15, 0.2) is 0 Å². The molecule has 1 amide bonds. The van der Waals surface area contributed by atoms with E-state index < -0.39 is 23.9 Å². The van der Waals surface area contributed by atoms with Crippen LogP contribution in [0.5, 0.6) is 0 Å². The summed E-state index contributed by atoms with van der Waals surface area (Å²) in [4.78, 5) is 31.5. The SMILES string of the molecule is O=C(O)CC[C@H](NC(=O)CS)C(=O)O. The van der Waals surface area contributed by atoms with Gasteiger partial charge in [0.25, 0.3) is 0 Å². The summed E-state index contributed by atoms with van der Waals surface area (Å²) in [5.41, 5.74) is 0. The van der Waals surface area contributed by atoms with E-state index in [4.69, 9.17) is 10.2 Å². The summed E-state index contributed by atoms with van der Waals surface area (Å²) >= 11 is 3.65. The van der Waals surface area contributed by atoms with Crippen LogP contribution in [0, 0.1) is 0 Å². The predicted molar refractivity (Wildman–Crippen MR) is 50.3 cm³/mol. The van der Waals surface area contributed by atoms with Gasteiger partial charge in [-0.25, -0.2) is 4.79 Å². The maximum Gasteiger partial charge on any atom is 0.326 e. The molecule has 1 atom stereocenters. The lowest BCUT2D eigenvalue weighted by molar-refractivity contribution is -0.142. The number of thiol groups is 1. The fraction of sp³-hybridized carbons (Fsp3) is 0.571. The van der Waals surface area contributed by atoms with Gasteiger partial charge in [-0.05, 0) is 6.42 Å². The van der Waals surface area contributed by atoms with Crippen LogP contribution in [-0.4, -0.2) is 39.9 Å². The van der Waals surface area contributed by atoms with Crippen LogP contribution in [0.4, 0.5) is 0 Å². The van der Waals surface area contributed by atoms with Gasteiger partial charge in [0.2, 0.25) is 5.91 Å². The minimum atomic E-state index is -1.25. The number of carbonyl (C=O) groups is 3. The lowest BCUT2D eigenvalue weighted by Crippen LogP contribution is -2.41. The smallest absolute Gasteiger partial charge is 0.326 e. The molecule has 0 saturated heterocycles. The fourth-order valence-electron chi connectivity index (χ4n) is 0.765. The van der Waals surface area contributed by atoms with Crippen LogP contribution in [0.3, 0.4) is 0 Å². The minimum absolute atomic E-state index is 0.128. The van der Waals surface area contributed by atoms with Crippen molar-refractivity contribution in [3.8, 4) is 0 Å². The highest BCUT2D eigenvalue weighted by atomic mass is 32.1. The van der Waals surface area contributed by atoms with Crippen molar-refractivity contribution in [2.24, 2.45) is 0 Å². The van der Waals surface area contributed by atoms with Gasteiger partial charge < -0.3 is 15.5 Å². The second-order valence-corrected chi connectivity index (χ2v) is 2.87. The van der Waals surface area contributed by atoms with Gasteiger partial charge in [-0.2, -0.15) is 12.6 Å². The van der Waals surface area contributed by atoms with Gasteiger partial charge in [0, 0.05) is 6.42 Å². The molecule has 0 aliphatic carbocycles. The molecule has 0 aliphatic heterocycles. The Morgan fingerprint density at radius 2 is 1.86 bits per heavy atom. The molecule has 0 rings (SSSR count). The van der Waals surface area contributed by atoms with Gasteiger partial charge in [0.15, 0.2) is 0 Å². The molecule has 14 heavy (non-hydrogen) atoms. The molecule has 80 valence electrons. The van der Waals surface area contributed by atoms with E-state index in [1.54, 1.807) is 0 Å². The molecule has 0 aromatic carbocycles. The molecule has 7 heteroatoms. The van der Waals surface area contributed by atoms with Crippen LogP contribution in [-0.2, 0) is 14.4 Å². The number of carboxylic acids is 2. The van der Waals surface area contributed by atoms with Crippen molar-refractivity contribution in [3.05, 3.63) is 0 Å². The van der Waals surface area contributed by atoms with Crippen LogP contribution < -0.4 is 5.32 Å². The Balaban J connectivity index is 4.09. The molecule has 3 N–H and O–H groups in total. The quantitative estimate of drug-likeness (QED) is 0.446. The lowest BCUT2D eigenvalue weighted by Gasteiger charge is -2.12. The topological polar surface area (TPSA) is 104 Å². The molecule has 0 heterocycles. The Morgan fingerprint density at radius 1 is 1.29 bits per heavy atom. The number of aliphatic carboxylic acids is 2. The summed E-state index contributed by atoms with van der Waals surface area (Å²) in [6, 6.07) is -1.16. The maximum atomic E-state index is 10.8. The Morgan fingerprint density at radius 3 is 2.21 bits per heavy atom. The Bertz CT molecular complexity index is 242.